The van der Waals surface area contributed by atoms with Crippen molar-refractivity contribution in [1.29, 1.82) is 0 Å². The number of carbonyl (C=O) groups excluding carboxylic acids is 1. The molecule has 0 bridgehead atoms. The van der Waals surface area contributed by atoms with Gasteiger partial charge in [0.15, 0.2) is 0 Å². The molecule has 1 atom stereocenters. The quantitative estimate of drug-likeness (QED) is 0.601. The zero-order valence-corrected chi connectivity index (χ0v) is 14.8. The zero-order chi connectivity index (χ0) is 18.4. The summed E-state index contributed by atoms with van der Waals surface area (Å²) in [6, 6.07) is 20.3. The van der Waals surface area contributed by atoms with Gasteiger partial charge in [-0.2, -0.15) is 0 Å². The predicted molar refractivity (Wildman–Crippen MR) is 99.1 cm³/mol. The third-order valence-electron chi connectivity index (χ3n) is 4.51. The molecule has 1 unspecified atom stereocenters. The lowest BCUT2D eigenvalue weighted by Gasteiger charge is -2.24. The lowest BCUT2D eigenvalue weighted by atomic mass is 9.93. The van der Waals surface area contributed by atoms with Crippen molar-refractivity contribution in [1.82, 2.24) is 4.90 Å². The van der Waals surface area contributed by atoms with E-state index < -0.39 is 0 Å². The summed E-state index contributed by atoms with van der Waals surface area (Å²) in [4.78, 5) is 13.9. The van der Waals surface area contributed by atoms with Crippen molar-refractivity contribution in [3.63, 3.8) is 0 Å². The van der Waals surface area contributed by atoms with E-state index >= 15 is 0 Å². The van der Waals surface area contributed by atoms with Crippen LogP contribution in [-0.2, 0) is 11.3 Å². The van der Waals surface area contributed by atoms with Crippen molar-refractivity contribution in [3.05, 3.63) is 95.7 Å². The fraction of sp³-hybridized carbons (Fsp3) is 0.227. The summed E-state index contributed by atoms with van der Waals surface area (Å²) in [7, 11) is 0. The Balaban J connectivity index is 1.73. The first kappa shape index (κ1) is 17.9. The van der Waals surface area contributed by atoms with Gasteiger partial charge in [-0.15, -0.1) is 0 Å². The number of carbonyl (C=O) groups is 1. The fourth-order valence-electron chi connectivity index (χ4n) is 3.09. The SMILES string of the molecule is CC(=O)N(CCC(c1ccccc1)c1ccco1)Cc1ccc(F)cc1. The van der Waals surface area contributed by atoms with Crippen LogP contribution in [0.2, 0.25) is 0 Å². The van der Waals surface area contributed by atoms with E-state index in [1.165, 1.54) is 12.1 Å². The number of amides is 1. The summed E-state index contributed by atoms with van der Waals surface area (Å²) in [6.45, 7) is 2.62. The molecule has 0 spiro atoms. The molecule has 1 aromatic heterocycles. The van der Waals surface area contributed by atoms with Crippen LogP contribution in [0.5, 0.6) is 0 Å². The minimum Gasteiger partial charge on any atom is -0.469 e. The highest BCUT2D eigenvalue weighted by molar-refractivity contribution is 5.73. The van der Waals surface area contributed by atoms with E-state index in [-0.39, 0.29) is 17.6 Å². The number of furan rings is 1. The van der Waals surface area contributed by atoms with Crippen molar-refractivity contribution >= 4 is 5.91 Å². The Morgan fingerprint density at radius 2 is 1.77 bits per heavy atom. The number of nitrogens with zero attached hydrogens (tertiary/aromatic N) is 1. The number of hydrogen-bond acceptors (Lipinski definition) is 2. The van der Waals surface area contributed by atoms with Gasteiger partial charge in [0.25, 0.3) is 0 Å². The molecule has 0 fully saturated rings. The van der Waals surface area contributed by atoms with E-state index in [1.54, 1.807) is 30.2 Å². The summed E-state index contributed by atoms with van der Waals surface area (Å²) in [6.07, 6.45) is 2.42. The molecule has 3 aromatic rings. The Hall–Kier alpha value is -2.88. The fourth-order valence-corrected chi connectivity index (χ4v) is 3.09. The maximum Gasteiger partial charge on any atom is 0.219 e. The third kappa shape index (κ3) is 4.60. The lowest BCUT2D eigenvalue weighted by Crippen LogP contribution is -2.30. The predicted octanol–water partition coefficient (Wildman–Crippen LogP) is 4.99. The van der Waals surface area contributed by atoms with Crippen LogP contribution in [0.25, 0.3) is 0 Å². The van der Waals surface area contributed by atoms with Gasteiger partial charge in [0.1, 0.15) is 11.6 Å². The lowest BCUT2D eigenvalue weighted by molar-refractivity contribution is -0.129. The maximum atomic E-state index is 13.1. The first-order valence-corrected chi connectivity index (χ1v) is 8.72. The van der Waals surface area contributed by atoms with Gasteiger partial charge in [0.2, 0.25) is 5.91 Å². The van der Waals surface area contributed by atoms with Crippen molar-refractivity contribution in [2.24, 2.45) is 0 Å². The van der Waals surface area contributed by atoms with E-state index in [0.29, 0.717) is 13.1 Å². The van der Waals surface area contributed by atoms with E-state index in [0.717, 1.165) is 23.3 Å². The van der Waals surface area contributed by atoms with Crippen molar-refractivity contribution in [3.8, 4) is 0 Å². The zero-order valence-electron chi connectivity index (χ0n) is 14.8. The molecule has 0 saturated carbocycles. The van der Waals surface area contributed by atoms with Crippen LogP contribution in [0.4, 0.5) is 4.39 Å². The minimum atomic E-state index is -0.273. The Morgan fingerprint density at radius 1 is 1.04 bits per heavy atom. The van der Waals surface area contributed by atoms with Gasteiger partial charge in [-0.05, 0) is 41.8 Å². The number of halogens is 1. The monoisotopic (exact) mass is 351 g/mol. The van der Waals surface area contributed by atoms with Gasteiger partial charge in [-0.25, -0.2) is 4.39 Å². The van der Waals surface area contributed by atoms with E-state index in [9.17, 15) is 9.18 Å². The molecular formula is C22H22FNO2. The second-order valence-corrected chi connectivity index (χ2v) is 6.33. The molecule has 0 aliphatic rings. The van der Waals surface area contributed by atoms with E-state index in [4.69, 9.17) is 4.42 Å². The Bertz CT molecular complexity index is 813. The van der Waals surface area contributed by atoms with Gasteiger partial charge in [-0.1, -0.05) is 42.5 Å². The highest BCUT2D eigenvalue weighted by Gasteiger charge is 2.19. The van der Waals surface area contributed by atoms with Gasteiger partial charge >= 0.3 is 0 Å². The van der Waals surface area contributed by atoms with Crippen LogP contribution in [0, 0.1) is 5.82 Å². The molecule has 0 saturated heterocycles. The molecule has 0 N–H and O–H groups in total. The summed E-state index contributed by atoms with van der Waals surface area (Å²) in [5.41, 5.74) is 2.07. The third-order valence-corrected chi connectivity index (χ3v) is 4.51. The first-order chi connectivity index (χ1) is 12.6. The molecule has 3 nitrogen and oxygen atoms in total. The summed E-state index contributed by atoms with van der Waals surface area (Å²) in [5, 5.41) is 0. The van der Waals surface area contributed by atoms with Gasteiger partial charge in [0, 0.05) is 25.9 Å². The molecule has 0 aliphatic carbocycles. The highest BCUT2D eigenvalue weighted by Crippen LogP contribution is 2.28. The van der Waals surface area contributed by atoms with Crippen molar-refractivity contribution in [2.45, 2.75) is 25.8 Å². The molecule has 2 aromatic carbocycles. The molecule has 3 rings (SSSR count). The summed E-state index contributed by atoms with van der Waals surface area (Å²) < 4.78 is 18.7. The minimum absolute atomic E-state index is 0.000538. The standard InChI is InChI=1S/C22H22FNO2/c1-17(25)24(16-18-9-11-20(23)12-10-18)14-13-21(22-8-5-15-26-22)19-6-3-2-4-7-19/h2-12,15,21H,13-14,16H2,1H3. The molecule has 134 valence electrons. The van der Waals surface area contributed by atoms with Crippen molar-refractivity contribution in [2.75, 3.05) is 6.54 Å². The average molecular weight is 351 g/mol. The number of benzene rings is 2. The van der Waals surface area contributed by atoms with Crippen LogP contribution in [0.3, 0.4) is 0 Å². The van der Waals surface area contributed by atoms with Crippen LogP contribution < -0.4 is 0 Å². The van der Waals surface area contributed by atoms with E-state index in [2.05, 4.69) is 12.1 Å². The molecule has 0 aliphatic heterocycles. The Labute approximate surface area is 153 Å². The second kappa shape index (κ2) is 8.48. The van der Waals surface area contributed by atoms with E-state index in [1.807, 2.05) is 30.3 Å². The molecule has 4 heteroatoms. The van der Waals surface area contributed by atoms with Gasteiger partial charge < -0.3 is 9.32 Å². The van der Waals surface area contributed by atoms with Crippen LogP contribution in [0.15, 0.2) is 77.4 Å². The molecule has 0 radical (unpaired) electrons. The summed E-state index contributed by atoms with van der Waals surface area (Å²) >= 11 is 0. The van der Waals surface area contributed by atoms with Crippen LogP contribution in [-0.4, -0.2) is 17.4 Å². The molecular weight excluding hydrogens is 329 g/mol. The number of rotatable bonds is 7. The second-order valence-electron chi connectivity index (χ2n) is 6.33. The van der Waals surface area contributed by atoms with Crippen LogP contribution >= 0.6 is 0 Å². The topological polar surface area (TPSA) is 33.5 Å². The Morgan fingerprint density at radius 3 is 2.38 bits per heavy atom. The smallest absolute Gasteiger partial charge is 0.219 e. The summed E-state index contributed by atoms with van der Waals surface area (Å²) in [5.74, 6) is 0.702. The normalized spacial score (nSPS) is 11.9. The largest absolute Gasteiger partial charge is 0.469 e. The number of hydrogen-bond donors (Lipinski definition) is 0. The molecule has 26 heavy (non-hydrogen) atoms. The Kier molecular flexibility index (Phi) is 5.84. The molecule has 1 heterocycles. The van der Waals surface area contributed by atoms with Crippen molar-refractivity contribution < 1.29 is 13.6 Å². The molecule has 1 amide bonds. The van der Waals surface area contributed by atoms with Crippen LogP contribution in [0.1, 0.15) is 36.1 Å². The first-order valence-electron chi connectivity index (χ1n) is 8.72. The van der Waals surface area contributed by atoms with Gasteiger partial charge in [0.05, 0.1) is 6.26 Å². The average Bonchev–Trinajstić information content (AvgIpc) is 3.18. The highest BCUT2D eigenvalue weighted by atomic mass is 19.1. The maximum absolute atomic E-state index is 13.1. The van der Waals surface area contributed by atoms with Gasteiger partial charge in [-0.3, -0.25) is 4.79 Å².